The topological polar surface area (TPSA) is 0 Å². The van der Waals surface area contributed by atoms with Crippen LogP contribution in [-0.2, 0) is 0 Å². The van der Waals surface area contributed by atoms with Crippen LogP contribution in [0.15, 0.2) is 91.0 Å². The van der Waals surface area contributed by atoms with Gasteiger partial charge >= 0.3 is 149 Å². The Hall–Kier alpha value is -0.881. The Balaban J connectivity index is 2.34. The van der Waals surface area contributed by atoms with E-state index in [-0.39, 0.29) is 0 Å². The number of halogens is 2. The molecule has 110 valence electrons. The van der Waals surface area contributed by atoms with Gasteiger partial charge in [-0.1, -0.05) is 0 Å². The van der Waals surface area contributed by atoms with Crippen LogP contribution in [-0.4, -0.2) is 20.6 Å². The molecule has 0 aliphatic carbocycles. The van der Waals surface area contributed by atoms with E-state index in [9.17, 15) is 0 Å². The van der Waals surface area contributed by atoms with Crippen LogP contribution in [0.1, 0.15) is 0 Å². The van der Waals surface area contributed by atoms with Crippen LogP contribution >= 0.6 is 22.6 Å². The van der Waals surface area contributed by atoms with Crippen molar-refractivity contribution in [1.29, 1.82) is 0 Å². The van der Waals surface area contributed by atoms with Crippen molar-refractivity contribution in [2.24, 2.45) is 0 Å². The maximum atomic E-state index is 15.2. The molecule has 22 heavy (non-hydrogen) atoms. The molecule has 0 aliphatic heterocycles. The zero-order valence-corrected chi connectivity index (χ0v) is 17.0. The van der Waals surface area contributed by atoms with E-state index in [0.29, 0.717) is 0 Å². The molecule has 3 rings (SSSR count). The number of hydrogen-bond donors (Lipinski definition) is 0. The van der Waals surface area contributed by atoms with Gasteiger partial charge in [0.05, 0.1) is 0 Å². The van der Waals surface area contributed by atoms with Crippen molar-refractivity contribution in [3.05, 3.63) is 91.0 Å². The van der Waals surface area contributed by atoms with Gasteiger partial charge in [-0.05, 0) is 0 Å². The molecule has 3 heteroatoms. The van der Waals surface area contributed by atoms with Gasteiger partial charge in [0.1, 0.15) is 0 Å². The summed E-state index contributed by atoms with van der Waals surface area (Å²) in [5.74, 6) is 0. The quantitative estimate of drug-likeness (QED) is 0.288. The summed E-state index contributed by atoms with van der Waals surface area (Å²) in [5.41, 5.74) is 0. The Morgan fingerprint density at radius 2 is 0.864 bits per heavy atom. The van der Waals surface area contributed by atoms with Gasteiger partial charge in [0, 0.05) is 0 Å². The van der Waals surface area contributed by atoms with Gasteiger partial charge < -0.3 is 0 Å². The zero-order valence-electron chi connectivity index (χ0n) is 12.0. The van der Waals surface area contributed by atoms with Crippen LogP contribution in [0.2, 0.25) is 0 Å². The van der Waals surface area contributed by atoms with E-state index in [0.717, 1.165) is 0 Å². The van der Waals surface area contributed by atoms with Gasteiger partial charge in [-0.15, -0.1) is 0 Å². The van der Waals surface area contributed by atoms with Gasteiger partial charge in [0.25, 0.3) is 0 Å². The van der Waals surface area contributed by atoms with E-state index < -0.39 is 20.6 Å². The minimum absolute atomic E-state index is 0.876. The van der Waals surface area contributed by atoms with Crippen molar-refractivity contribution < 1.29 is 4.39 Å². The average Bonchev–Trinajstić information content (AvgIpc) is 2.58. The third kappa shape index (κ3) is 2.83. The minimum atomic E-state index is -3.64. The van der Waals surface area contributed by atoms with E-state index in [2.05, 4.69) is 36.4 Å². The van der Waals surface area contributed by atoms with Gasteiger partial charge in [-0.2, -0.15) is 0 Å². The summed E-state index contributed by atoms with van der Waals surface area (Å²) in [4.78, 5) is 0. The summed E-state index contributed by atoms with van der Waals surface area (Å²) in [6.07, 6.45) is 0. The summed E-state index contributed by atoms with van der Waals surface area (Å²) < 4.78 is 17.8. The Kier molecular flexibility index (Phi) is 5.18. The molecule has 0 nitrogen and oxygen atoms in total. The first-order chi connectivity index (χ1) is 10.8. The first kappa shape index (κ1) is 16.0. The third-order valence-electron chi connectivity index (χ3n) is 4.01. The molecule has 1 unspecified atom stereocenters. The second-order valence-corrected chi connectivity index (χ2v) is 20.7. The van der Waals surface area contributed by atoms with Gasteiger partial charge in [0.15, 0.2) is 0 Å². The van der Waals surface area contributed by atoms with E-state index >= 15 is 4.39 Å². The molecule has 1 atom stereocenters. The molecule has 0 N–H and O–H groups in total. The van der Waals surface area contributed by atoms with Crippen LogP contribution in [0.5, 0.6) is 0 Å². The first-order valence-corrected chi connectivity index (χ1v) is 14.4. The summed E-state index contributed by atoms with van der Waals surface area (Å²) in [6, 6.07) is 30.7. The van der Waals surface area contributed by atoms with E-state index in [1.54, 1.807) is 0 Å². The zero-order chi connectivity index (χ0) is 15.4. The van der Waals surface area contributed by atoms with Crippen molar-refractivity contribution >= 4 is 51.7 Å². The number of hydrogen-bond acceptors (Lipinski definition) is 0. The predicted octanol–water partition coefficient (Wildman–Crippen LogP) is 3.43. The molecule has 0 spiro atoms. The molecular formula is C19H16FISn. The van der Waals surface area contributed by atoms with Crippen molar-refractivity contribution in [3.63, 3.8) is 0 Å². The Morgan fingerprint density at radius 3 is 1.09 bits per heavy atom. The van der Waals surface area contributed by atoms with Crippen molar-refractivity contribution in [1.82, 2.24) is 0 Å². The summed E-state index contributed by atoms with van der Waals surface area (Å²) in [5, 5.41) is 0. The van der Waals surface area contributed by atoms with Crippen molar-refractivity contribution in [2.75, 3.05) is 0 Å². The van der Waals surface area contributed by atoms with Gasteiger partial charge in [-0.3, -0.25) is 0 Å². The first-order valence-electron chi connectivity index (χ1n) is 7.21. The molecular weight excluding hydrogens is 493 g/mol. The Morgan fingerprint density at radius 1 is 0.591 bits per heavy atom. The molecule has 3 aromatic carbocycles. The number of rotatable bonds is 4. The van der Waals surface area contributed by atoms with E-state index in [4.69, 9.17) is 0 Å². The van der Waals surface area contributed by atoms with Crippen LogP contribution in [0.3, 0.4) is 0 Å². The van der Waals surface area contributed by atoms with E-state index in [1.807, 2.05) is 77.2 Å². The van der Waals surface area contributed by atoms with Gasteiger partial charge in [0.2, 0.25) is 0 Å². The fraction of sp³-hybridized carbons (Fsp3) is 0.0526. The predicted molar refractivity (Wildman–Crippen MR) is 103 cm³/mol. The fourth-order valence-corrected chi connectivity index (χ4v) is 21.4. The maximum absolute atomic E-state index is 15.2. The summed E-state index contributed by atoms with van der Waals surface area (Å²) in [6.45, 7) is 0. The monoisotopic (exact) mass is 510 g/mol. The molecule has 0 saturated carbocycles. The molecule has 0 fully saturated rings. The average molecular weight is 509 g/mol. The molecule has 0 amide bonds. The number of alkyl halides is 2. The summed E-state index contributed by atoms with van der Waals surface area (Å²) >= 11 is -1.65. The molecule has 0 radical (unpaired) electrons. The molecule has 0 aromatic heterocycles. The van der Waals surface area contributed by atoms with Crippen molar-refractivity contribution in [3.8, 4) is 0 Å². The second kappa shape index (κ2) is 7.13. The van der Waals surface area contributed by atoms with Crippen LogP contribution in [0.25, 0.3) is 0 Å². The molecule has 3 aromatic rings. The normalized spacial score (nSPS) is 12.8. The molecule has 0 saturated heterocycles. The standard InChI is InChI=1S/3C6H5.CHFI.Sn/c3*1-2-4-6-5-3-1;2-1-3;/h3*1-5H;1H;. The van der Waals surface area contributed by atoms with Gasteiger partial charge in [-0.25, -0.2) is 0 Å². The summed E-state index contributed by atoms with van der Waals surface area (Å²) in [7, 11) is 0. The fourth-order valence-electron chi connectivity index (χ4n) is 2.98. The SMILES string of the molecule is F[CH](I)[Sn]([c]1ccccc1)([c]1ccccc1)[c]1ccccc1. The van der Waals surface area contributed by atoms with Crippen LogP contribution < -0.4 is 10.7 Å². The van der Waals surface area contributed by atoms with E-state index in [1.165, 1.54) is 10.7 Å². The molecule has 0 bridgehead atoms. The van der Waals surface area contributed by atoms with Crippen LogP contribution in [0.4, 0.5) is 4.39 Å². The molecule has 0 heterocycles. The molecule has 0 aliphatic rings. The number of benzene rings is 3. The Bertz CT molecular complexity index is 618. The van der Waals surface area contributed by atoms with Crippen LogP contribution in [0, 0.1) is 0 Å². The third-order valence-corrected chi connectivity index (χ3v) is 22.8. The Labute approximate surface area is 148 Å². The second-order valence-electron chi connectivity index (χ2n) is 5.21. The van der Waals surface area contributed by atoms with Crippen molar-refractivity contribution in [2.45, 2.75) is 2.19 Å².